The summed E-state index contributed by atoms with van der Waals surface area (Å²) in [6.45, 7) is 1.72. The highest BCUT2D eigenvalue weighted by Crippen LogP contribution is 2.40. The van der Waals surface area contributed by atoms with Crippen LogP contribution in [0.2, 0.25) is 0 Å². The molecule has 1 saturated carbocycles. The Hall–Kier alpha value is -2.90. The Morgan fingerprint density at radius 3 is 2.73 bits per heavy atom. The second-order valence-corrected chi connectivity index (χ2v) is 6.41. The van der Waals surface area contributed by atoms with Crippen LogP contribution in [0, 0.1) is 11.7 Å². The van der Waals surface area contributed by atoms with Gasteiger partial charge in [0, 0.05) is 31.5 Å². The second kappa shape index (κ2) is 7.55. The highest BCUT2D eigenvalue weighted by Gasteiger charge is 2.35. The molecule has 0 unspecified atom stereocenters. The number of urea groups is 1. The first-order valence-electron chi connectivity index (χ1n) is 8.62. The fraction of sp³-hybridized carbons (Fsp3) is 0.389. The van der Waals surface area contributed by atoms with Crippen molar-refractivity contribution in [1.82, 2.24) is 14.9 Å². The third-order valence-corrected chi connectivity index (χ3v) is 4.34. The Labute approximate surface area is 151 Å². The molecule has 2 aromatic rings. The number of nitrogens with one attached hydrogen (secondary N) is 3. The molecule has 3 amide bonds. The predicted molar refractivity (Wildman–Crippen MR) is 96.1 cm³/mol. The Morgan fingerprint density at radius 2 is 2.12 bits per heavy atom. The zero-order valence-electron chi connectivity index (χ0n) is 14.8. The number of anilines is 2. The van der Waals surface area contributed by atoms with Gasteiger partial charge in [0.05, 0.1) is 11.7 Å². The topological polar surface area (TPSA) is 88.1 Å². The van der Waals surface area contributed by atoms with E-state index in [1.165, 1.54) is 18.2 Å². The summed E-state index contributed by atoms with van der Waals surface area (Å²) in [6, 6.07) is 3.32. The summed E-state index contributed by atoms with van der Waals surface area (Å²) >= 11 is 0. The van der Waals surface area contributed by atoms with Crippen LogP contribution < -0.4 is 16.0 Å². The number of hydrogen-bond acceptors (Lipinski definition) is 3. The summed E-state index contributed by atoms with van der Waals surface area (Å²) in [5, 5.41) is 8.05. The van der Waals surface area contributed by atoms with Gasteiger partial charge in [-0.1, -0.05) is 6.92 Å². The molecule has 7 nitrogen and oxygen atoms in total. The number of imidazole rings is 1. The van der Waals surface area contributed by atoms with Gasteiger partial charge in [-0.3, -0.25) is 4.79 Å². The van der Waals surface area contributed by atoms with Crippen LogP contribution in [-0.2, 0) is 11.8 Å². The van der Waals surface area contributed by atoms with E-state index in [0.29, 0.717) is 18.0 Å². The largest absolute Gasteiger partial charge is 0.336 e. The third-order valence-electron chi connectivity index (χ3n) is 4.34. The van der Waals surface area contributed by atoms with E-state index >= 15 is 0 Å². The van der Waals surface area contributed by atoms with Crippen LogP contribution in [0.25, 0.3) is 0 Å². The van der Waals surface area contributed by atoms with Gasteiger partial charge in [0.1, 0.15) is 11.6 Å². The second-order valence-electron chi connectivity index (χ2n) is 6.41. The standard InChI is InChI=1S/C18H22FN5O2/c1-3-15(25)21-12-6-7-13(19)14(10-12)22-18(26)23-16(11-4-5-11)17-20-8-9-24(17)2/h6-11,16H,3-5H2,1-2H3,(H,21,25)(H2,22,23,26)/t16-/m1/s1. The number of nitrogens with zero attached hydrogens (tertiary/aromatic N) is 2. The molecule has 1 fully saturated rings. The zero-order chi connectivity index (χ0) is 18.7. The molecule has 1 atom stereocenters. The van der Waals surface area contributed by atoms with Crippen molar-refractivity contribution in [2.75, 3.05) is 10.6 Å². The molecule has 0 aliphatic heterocycles. The van der Waals surface area contributed by atoms with Crippen LogP contribution in [0.3, 0.4) is 0 Å². The van der Waals surface area contributed by atoms with Crippen molar-refractivity contribution >= 4 is 23.3 Å². The fourth-order valence-corrected chi connectivity index (χ4v) is 2.75. The Morgan fingerprint density at radius 1 is 1.35 bits per heavy atom. The normalized spacial score (nSPS) is 14.6. The van der Waals surface area contributed by atoms with E-state index < -0.39 is 11.8 Å². The van der Waals surface area contributed by atoms with Crippen LogP contribution in [-0.4, -0.2) is 21.5 Å². The number of rotatable bonds is 6. The molecular weight excluding hydrogens is 337 g/mol. The minimum atomic E-state index is -0.574. The summed E-state index contributed by atoms with van der Waals surface area (Å²) < 4.78 is 15.9. The van der Waals surface area contributed by atoms with Gasteiger partial charge in [0.25, 0.3) is 0 Å². The summed E-state index contributed by atoms with van der Waals surface area (Å²) in [5.41, 5.74) is 0.433. The number of amides is 3. The van der Waals surface area contributed by atoms with Gasteiger partial charge in [-0.25, -0.2) is 14.2 Å². The average molecular weight is 359 g/mol. The number of halogens is 1. The van der Waals surface area contributed by atoms with Gasteiger partial charge in [-0.15, -0.1) is 0 Å². The van der Waals surface area contributed by atoms with E-state index in [1.54, 1.807) is 13.1 Å². The first-order valence-corrected chi connectivity index (χ1v) is 8.62. The number of hydrogen-bond donors (Lipinski definition) is 3. The summed E-state index contributed by atoms with van der Waals surface area (Å²) in [7, 11) is 1.87. The summed E-state index contributed by atoms with van der Waals surface area (Å²) in [4.78, 5) is 28.2. The van der Waals surface area contributed by atoms with Gasteiger partial charge >= 0.3 is 6.03 Å². The Balaban J connectivity index is 1.70. The number of aryl methyl sites for hydroxylation is 1. The SMILES string of the molecule is CCC(=O)Nc1ccc(F)c(NC(=O)N[C@@H](c2nccn2C)C2CC2)c1. The lowest BCUT2D eigenvalue weighted by Crippen LogP contribution is -2.35. The number of carbonyl (C=O) groups is 2. The molecular formula is C18H22FN5O2. The summed E-state index contributed by atoms with van der Waals surface area (Å²) in [6.07, 6.45) is 5.86. The maximum atomic E-state index is 14.0. The lowest BCUT2D eigenvalue weighted by Gasteiger charge is -2.19. The molecule has 3 rings (SSSR count). The van der Waals surface area contributed by atoms with Gasteiger partial charge in [0.2, 0.25) is 5.91 Å². The molecule has 1 aliphatic carbocycles. The quantitative estimate of drug-likeness (QED) is 0.740. The third kappa shape index (κ3) is 4.19. The highest BCUT2D eigenvalue weighted by molar-refractivity contribution is 5.93. The van der Waals surface area contributed by atoms with Gasteiger partial charge < -0.3 is 20.5 Å². The first kappa shape index (κ1) is 17.9. The van der Waals surface area contributed by atoms with E-state index in [0.717, 1.165) is 18.7 Å². The lowest BCUT2D eigenvalue weighted by molar-refractivity contribution is -0.115. The van der Waals surface area contributed by atoms with Gasteiger partial charge in [-0.2, -0.15) is 0 Å². The van der Waals surface area contributed by atoms with E-state index in [2.05, 4.69) is 20.9 Å². The number of benzene rings is 1. The molecule has 1 aromatic carbocycles. The monoisotopic (exact) mass is 359 g/mol. The van der Waals surface area contributed by atoms with Crippen molar-refractivity contribution in [3.8, 4) is 0 Å². The van der Waals surface area contributed by atoms with Crippen molar-refractivity contribution < 1.29 is 14.0 Å². The number of carbonyl (C=O) groups excluding carboxylic acids is 2. The molecule has 138 valence electrons. The Bertz CT molecular complexity index is 816. The van der Waals surface area contributed by atoms with E-state index in [4.69, 9.17) is 0 Å². The molecule has 0 saturated heterocycles. The molecule has 0 radical (unpaired) electrons. The highest BCUT2D eigenvalue weighted by atomic mass is 19.1. The summed E-state index contributed by atoms with van der Waals surface area (Å²) in [5.74, 6) is 0.346. The van der Waals surface area contributed by atoms with Crippen LogP contribution in [0.1, 0.15) is 38.1 Å². The molecule has 1 aromatic heterocycles. The van der Waals surface area contributed by atoms with Crippen LogP contribution in [0.15, 0.2) is 30.6 Å². The molecule has 8 heteroatoms. The maximum absolute atomic E-state index is 14.0. The van der Waals surface area contributed by atoms with Crippen LogP contribution in [0.5, 0.6) is 0 Å². The zero-order valence-corrected chi connectivity index (χ0v) is 14.8. The maximum Gasteiger partial charge on any atom is 0.319 e. The first-order chi connectivity index (χ1) is 12.5. The fourth-order valence-electron chi connectivity index (χ4n) is 2.75. The van der Waals surface area contributed by atoms with Crippen molar-refractivity contribution in [2.45, 2.75) is 32.2 Å². The van der Waals surface area contributed by atoms with Crippen LogP contribution in [0.4, 0.5) is 20.6 Å². The Kier molecular flexibility index (Phi) is 5.20. The molecule has 0 spiro atoms. The van der Waals surface area contributed by atoms with Crippen molar-refractivity contribution in [1.29, 1.82) is 0 Å². The predicted octanol–water partition coefficient (Wildman–Crippen LogP) is 3.18. The molecule has 0 bridgehead atoms. The van der Waals surface area contributed by atoms with E-state index in [-0.39, 0.29) is 17.6 Å². The van der Waals surface area contributed by atoms with Crippen LogP contribution >= 0.6 is 0 Å². The van der Waals surface area contributed by atoms with E-state index in [1.807, 2.05) is 17.8 Å². The average Bonchev–Trinajstić information content (AvgIpc) is 3.37. The number of aromatic nitrogens is 2. The molecule has 26 heavy (non-hydrogen) atoms. The van der Waals surface area contributed by atoms with Crippen molar-refractivity contribution in [2.24, 2.45) is 13.0 Å². The molecule has 3 N–H and O–H groups in total. The molecule has 1 aliphatic rings. The minimum absolute atomic E-state index is 0.00536. The van der Waals surface area contributed by atoms with Crippen molar-refractivity contribution in [3.05, 3.63) is 42.2 Å². The smallest absolute Gasteiger partial charge is 0.319 e. The van der Waals surface area contributed by atoms with Gasteiger partial charge in [-0.05, 0) is 37.0 Å². The van der Waals surface area contributed by atoms with Crippen molar-refractivity contribution in [3.63, 3.8) is 0 Å². The minimum Gasteiger partial charge on any atom is -0.336 e. The molecule has 1 heterocycles. The van der Waals surface area contributed by atoms with E-state index in [9.17, 15) is 14.0 Å². The van der Waals surface area contributed by atoms with Gasteiger partial charge in [0.15, 0.2) is 0 Å². The lowest BCUT2D eigenvalue weighted by atomic mass is 10.1.